The zero-order chi connectivity index (χ0) is 16.9. The third kappa shape index (κ3) is 4.32. The molecule has 2 aromatic rings. The summed E-state index contributed by atoms with van der Waals surface area (Å²) in [7, 11) is 0. The van der Waals surface area contributed by atoms with Crippen LogP contribution in [0.25, 0.3) is 11.8 Å². The molecule has 120 valence electrons. The molecule has 5 nitrogen and oxygen atoms in total. The highest BCUT2D eigenvalue weighted by Gasteiger charge is 2.20. The second kappa shape index (κ2) is 6.96. The number of benzene rings is 1. The van der Waals surface area contributed by atoms with Gasteiger partial charge >= 0.3 is 0 Å². The van der Waals surface area contributed by atoms with E-state index >= 15 is 0 Å². The maximum absolute atomic E-state index is 7.04. The minimum absolute atomic E-state index is 0.0339. The maximum Gasteiger partial charge on any atom is 0.206 e. The van der Waals surface area contributed by atoms with E-state index in [-0.39, 0.29) is 11.4 Å². The lowest BCUT2D eigenvalue weighted by Crippen LogP contribution is -2.25. The summed E-state index contributed by atoms with van der Waals surface area (Å²) in [6.07, 6.45) is 5.37. The lowest BCUT2D eigenvalue weighted by atomic mass is 9.92. The molecule has 1 heterocycles. The molecule has 5 heteroatoms. The zero-order valence-electron chi connectivity index (χ0n) is 13.7. The quantitative estimate of drug-likeness (QED) is 0.460. The minimum Gasteiger partial charge on any atom is -0.369 e. The van der Waals surface area contributed by atoms with Gasteiger partial charge in [-0.1, -0.05) is 39.0 Å². The van der Waals surface area contributed by atoms with Crippen molar-refractivity contribution >= 4 is 18.3 Å². The third-order valence-corrected chi connectivity index (χ3v) is 3.31. The summed E-state index contributed by atoms with van der Waals surface area (Å²) in [5.74, 6) is -0.183. The molecule has 1 aromatic heterocycles. The van der Waals surface area contributed by atoms with Gasteiger partial charge in [0.1, 0.15) is 0 Å². The van der Waals surface area contributed by atoms with Gasteiger partial charge in [0.15, 0.2) is 0 Å². The Morgan fingerprint density at radius 1 is 1.17 bits per heavy atom. The standard InChI is InChI=1S/C18H23N5/c1-18(2,3)16-12-11-15(10-7-13-21-22-17(19)20)23(16)14-8-5-4-6-9-14/h4-13H,1-3H3,(H4,19,20,22)/b10-7+,21-13+. The van der Waals surface area contributed by atoms with Gasteiger partial charge in [-0.25, -0.2) is 5.43 Å². The Kier molecular flexibility index (Phi) is 5.01. The van der Waals surface area contributed by atoms with Crippen molar-refractivity contribution in [3.8, 4) is 5.69 Å². The second-order valence-corrected chi connectivity index (χ2v) is 6.23. The number of nitrogens with zero attached hydrogens (tertiary/aromatic N) is 2. The first-order chi connectivity index (χ1) is 10.9. The summed E-state index contributed by atoms with van der Waals surface area (Å²) in [4.78, 5) is 0. The van der Waals surface area contributed by atoms with Crippen LogP contribution in [0.4, 0.5) is 0 Å². The molecule has 4 N–H and O–H groups in total. The Morgan fingerprint density at radius 2 is 1.87 bits per heavy atom. The van der Waals surface area contributed by atoms with Crippen molar-refractivity contribution < 1.29 is 0 Å². The molecule has 0 spiro atoms. The Labute approximate surface area is 137 Å². The lowest BCUT2D eigenvalue weighted by Gasteiger charge is -2.22. The van der Waals surface area contributed by atoms with E-state index in [1.54, 1.807) is 6.21 Å². The van der Waals surface area contributed by atoms with E-state index in [4.69, 9.17) is 11.1 Å². The van der Waals surface area contributed by atoms with Crippen molar-refractivity contribution in [3.05, 3.63) is 59.9 Å². The molecule has 0 radical (unpaired) electrons. The summed E-state index contributed by atoms with van der Waals surface area (Å²) >= 11 is 0. The van der Waals surface area contributed by atoms with Gasteiger partial charge in [-0.15, -0.1) is 0 Å². The topological polar surface area (TPSA) is 79.2 Å². The summed E-state index contributed by atoms with van der Waals surface area (Å²) in [5.41, 5.74) is 11.0. The highest BCUT2D eigenvalue weighted by atomic mass is 15.3. The van der Waals surface area contributed by atoms with Crippen LogP contribution in [0.2, 0.25) is 0 Å². The molecule has 0 aliphatic rings. The number of guanidine groups is 1. The molecule has 0 bridgehead atoms. The molecule has 0 saturated heterocycles. The molecule has 0 amide bonds. The lowest BCUT2D eigenvalue weighted by molar-refractivity contribution is 0.556. The molecule has 1 aromatic carbocycles. The molecule has 0 saturated carbocycles. The van der Waals surface area contributed by atoms with Crippen LogP contribution in [0.15, 0.2) is 53.6 Å². The molecule has 0 aliphatic carbocycles. The van der Waals surface area contributed by atoms with Gasteiger partial charge in [0, 0.05) is 28.7 Å². The average Bonchev–Trinajstić information content (AvgIpc) is 2.91. The smallest absolute Gasteiger partial charge is 0.206 e. The SMILES string of the molecule is CC(C)(C)c1ccc(/C=C/C=N/NC(=N)N)n1-c1ccccc1. The Bertz CT molecular complexity index is 718. The van der Waals surface area contributed by atoms with Crippen LogP contribution in [-0.2, 0) is 5.41 Å². The third-order valence-electron chi connectivity index (χ3n) is 3.31. The number of hydrogen-bond acceptors (Lipinski definition) is 2. The van der Waals surface area contributed by atoms with Gasteiger partial charge < -0.3 is 10.3 Å². The molecule has 0 aliphatic heterocycles. The first-order valence-electron chi connectivity index (χ1n) is 7.47. The minimum atomic E-state index is -0.183. The van der Waals surface area contributed by atoms with E-state index < -0.39 is 0 Å². The summed E-state index contributed by atoms with van der Waals surface area (Å²) in [6.45, 7) is 6.61. The van der Waals surface area contributed by atoms with E-state index in [9.17, 15) is 0 Å². The number of allylic oxidation sites excluding steroid dienone is 1. The zero-order valence-corrected chi connectivity index (χ0v) is 13.7. The van der Waals surface area contributed by atoms with Crippen LogP contribution in [0, 0.1) is 5.41 Å². The van der Waals surface area contributed by atoms with Crippen LogP contribution in [0.3, 0.4) is 0 Å². The molecule has 2 rings (SSSR count). The molecule has 0 atom stereocenters. The van der Waals surface area contributed by atoms with E-state index in [0.717, 1.165) is 11.4 Å². The molecule has 0 unspecified atom stereocenters. The average molecular weight is 309 g/mol. The van der Waals surface area contributed by atoms with Gasteiger partial charge in [0.2, 0.25) is 5.96 Å². The Balaban J connectivity index is 2.37. The van der Waals surface area contributed by atoms with Gasteiger partial charge in [0.05, 0.1) is 0 Å². The van der Waals surface area contributed by atoms with Gasteiger partial charge in [-0.05, 0) is 36.4 Å². The molecule has 0 fully saturated rings. The summed E-state index contributed by atoms with van der Waals surface area (Å²) in [6, 6.07) is 14.5. The van der Waals surface area contributed by atoms with Crippen molar-refractivity contribution in [2.75, 3.05) is 0 Å². The van der Waals surface area contributed by atoms with Crippen LogP contribution in [0.1, 0.15) is 32.2 Å². The summed E-state index contributed by atoms with van der Waals surface area (Å²) < 4.78 is 2.24. The van der Waals surface area contributed by atoms with Crippen LogP contribution >= 0.6 is 0 Å². The van der Waals surface area contributed by atoms with Crippen LogP contribution in [-0.4, -0.2) is 16.7 Å². The highest BCUT2D eigenvalue weighted by molar-refractivity contribution is 5.80. The predicted octanol–water partition coefficient (Wildman–Crippen LogP) is 3.26. The van der Waals surface area contributed by atoms with Crippen molar-refractivity contribution in [1.29, 1.82) is 5.41 Å². The predicted molar refractivity (Wildman–Crippen MR) is 97.0 cm³/mol. The van der Waals surface area contributed by atoms with E-state index in [0.29, 0.717) is 0 Å². The second-order valence-electron chi connectivity index (χ2n) is 6.23. The fraction of sp³-hybridized carbons (Fsp3) is 0.222. The number of nitrogens with one attached hydrogen (secondary N) is 2. The fourth-order valence-electron chi connectivity index (χ4n) is 2.32. The highest BCUT2D eigenvalue weighted by Crippen LogP contribution is 2.28. The molecular weight excluding hydrogens is 286 g/mol. The number of hydrogen-bond donors (Lipinski definition) is 3. The Hall–Kier alpha value is -2.82. The van der Waals surface area contributed by atoms with Crippen molar-refractivity contribution in [2.24, 2.45) is 10.8 Å². The van der Waals surface area contributed by atoms with E-state index in [2.05, 4.69) is 60.1 Å². The molecular formula is C18H23N5. The molecule has 23 heavy (non-hydrogen) atoms. The van der Waals surface area contributed by atoms with Gasteiger partial charge in [-0.2, -0.15) is 5.10 Å². The summed E-state index contributed by atoms with van der Waals surface area (Å²) in [5, 5.41) is 10.9. The first-order valence-corrected chi connectivity index (χ1v) is 7.47. The van der Waals surface area contributed by atoms with Gasteiger partial charge in [0.25, 0.3) is 0 Å². The van der Waals surface area contributed by atoms with Crippen LogP contribution < -0.4 is 11.2 Å². The number of nitrogens with two attached hydrogens (primary N) is 1. The van der Waals surface area contributed by atoms with E-state index in [1.807, 2.05) is 30.4 Å². The van der Waals surface area contributed by atoms with Crippen molar-refractivity contribution in [1.82, 2.24) is 9.99 Å². The van der Waals surface area contributed by atoms with Crippen molar-refractivity contribution in [3.63, 3.8) is 0 Å². The first kappa shape index (κ1) is 16.5. The largest absolute Gasteiger partial charge is 0.369 e. The number of hydrazone groups is 1. The number of aromatic nitrogens is 1. The fourth-order valence-corrected chi connectivity index (χ4v) is 2.32. The maximum atomic E-state index is 7.04. The normalized spacial score (nSPS) is 12.1. The Morgan fingerprint density at radius 3 is 2.48 bits per heavy atom. The van der Waals surface area contributed by atoms with Crippen LogP contribution in [0.5, 0.6) is 0 Å². The van der Waals surface area contributed by atoms with E-state index in [1.165, 1.54) is 5.69 Å². The van der Waals surface area contributed by atoms with Crippen molar-refractivity contribution in [2.45, 2.75) is 26.2 Å². The monoisotopic (exact) mass is 309 g/mol. The number of para-hydroxylation sites is 1. The van der Waals surface area contributed by atoms with Gasteiger partial charge in [-0.3, -0.25) is 5.41 Å². The number of rotatable bonds is 4.